The van der Waals surface area contributed by atoms with Gasteiger partial charge in [-0.05, 0) is 37.1 Å². The molecule has 0 saturated carbocycles. The first-order valence-electron chi connectivity index (χ1n) is 7.19. The summed E-state index contributed by atoms with van der Waals surface area (Å²) in [5, 5.41) is 11.1. The number of hydrogen-bond acceptors (Lipinski definition) is 3. The molecule has 0 aliphatic carbocycles. The van der Waals surface area contributed by atoms with Gasteiger partial charge in [0.15, 0.2) is 0 Å². The minimum atomic E-state index is -4.33. The Morgan fingerprint density at radius 3 is 2.52 bits per heavy atom. The van der Waals surface area contributed by atoms with Crippen LogP contribution in [0.5, 0.6) is 5.75 Å². The zero-order valence-corrected chi connectivity index (χ0v) is 11.9. The molecule has 2 rings (SSSR count). The number of piperidine rings is 1. The highest BCUT2D eigenvalue weighted by atomic mass is 19.4. The Morgan fingerprint density at radius 1 is 1.29 bits per heavy atom. The molecule has 0 aromatic heterocycles. The second-order valence-corrected chi connectivity index (χ2v) is 5.39. The molecule has 3 nitrogen and oxygen atoms in total. The summed E-state index contributed by atoms with van der Waals surface area (Å²) in [6, 6.07) is 4.81. The van der Waals surface area contributed by atoms with Crippen LogP contribution in [0.2, 0.25) is 0 Å². The summed E-state index contributed by atoms with van der Waals surface area (Å²) in [6.07, 6.45) is -1.20. The third-order valence-electron chi connectivity index (χ3n) is 3.74. The van der Waals surface area contributed by atoms with Gasteiger partial charge in [-0.15, -0.1) is 0 Å². The zero-order valence-electron chi connectivity index (χ0n) is 11.9. The van der Waals surface area contributed by atoms with Crippen LogP contribution in [-0.4, -0.2) is 29.0 Å². The lowest BCUT2D eigenvalue weighted by Crippen LogP contribution is -2.43. The van der Waals surface area contributed by atoms with Crippen molar-refractivity contribution in [3.8, 4) is 5.75 Å². The molecular formula is C15H20F3NO2. The number of nitrogens with zero attached hydrogens (tertiary/aromatic N) is 1. The number of benzene rings is 1. The first-order chi connectivity index (χ1) is 9.90. The van der Waals surface area contributed by atoms with Crippen molar-refractivity contribution in [2.75, 3.05) is 6.54 Å². The highest BCUT2D eigenvalue weighted by Crippen LogP contribution is 2.31. The third kappa shape index (κ3) is 4.35. The number of ether oxygens (including phenoxy) is 1. The van der Waals surface area contributed by atoms with Gasteiger partial charge in [0.25, 0.3) is 0 Å². The number of alkyl halides is 3. The Hall–Kier alpha value is -1.27. The van der Waals surface area contributed by atoms with Gasteiger partial charge in [0.05, 0.1) is 5.56 Å². The molecule has 1 saturated heterocycles. The Kier molecular flexibility index (Phi) is 5.11. The summed E-state index contributed by atoms with van der Waals surface area (Å²) in [4.78, 5) is 0. The predicted molar refractivity (Wildman–Crippen MR) is 72.3 cm³/mol. The van der Waals surface area contributed by atoms with E-state index in [4.69, 9.17) is 4.74 Å². The van der Waals surface area contributed by atoms with E-state index in [-0.39, 0.29) is 12.1 Å². The van der Waals surface area contributed by atoms with Crippen molar-refractivity contribution in [1.29, 1.82) is 0 Å². The Bertz CT molecular complexity index is 447. The standard InChI is InChI=1S/C15H20F3NO2/c1-2-3-12-10-14(8-9-19(12)20)21-13-6-4-11(5-7-13)15(16,17)18/h4-7,12,14,20H,2-3,8-10H2,1H3/t12-,14-/m0/s1. The quantitative estimate of drug-likeness (QED) is 0.908. The lowest BCUT2D eigenvalue weighted by Gasteiger charge is -2.35. The largest absolute Gasteiger partial charge is 0.490 e. The highest BCUT2D eigenvalue weighted by Gasteiger charge is 2.31. The molecule has 0 spiro atoms. The maximum absolute atomic E-state index is 12.5. The number of halogens is 3. The van der Waals surface area contributed by atoms with E-state index in [1.165, 1.54) is 17.2 Å². The summed E-state index contributed by atoms with van der Waals surface area (Å²) in [5.74, 6) is 0.439. The van der Waals surface area contributed by atoms with Crippen LogP contribution >= 0.6 is 0 Å². The number of hydroxylamine groups is 2. The van der Waals surface area contributed by atoms with E-state index in [0.29, 0.717) is 25.1 Å². The first-order valence-corrected chi connectivity index (χ1v) is 7.19. The summed E-state index contributed by atoms with van der Waals surface area (Å²) >= 11 is 0. The molecular weight excluding hydrogens is 283 g/mol. The van der Waals surface area contributed by atoms with Gasteiger partial charge >= 0.3 is 6.18 Å². The summed E-state index contributed by atoms with van der Waals surface area (Å²) in [6.45, 7) is 2.57. The molecule has 118 valence electrons. The van der Waals surface area contributed by atoms with Gasteiger partial charge in [0.2, 0.25) is 0 Å². The Labute approximate surface area is 122 Å². The molecule has 2 atom stereocenters. The number of rotatable bonds is 4. The van der Waals surface area contributed by atoms with E-state index < -0.39 is 11.7 Å². The molecule has 1 aliphatic rings. The molecule has 0 radical (unpaired) electrons. The van der Waals surface area contributed by atoms with Gasteiger partial charge in [0.1, 0.15) is 11.9 Å². The maximum atomic E-state index is 12.5. The molecule has 1 aromatic carbocycles. The van der Waals surface area contributed by atoms with Gasteiger partial charge in [-0.3, -0.25) is 0 Å². The van der Waals surface area contributed by atoms with E-state index in [1.54, 1.807) is 0 Å². The van der Waals surface area contributed by atoms with Crippen LogP contribution in [0.25, 0.3) is 0 Å². The van der Waals surface area contributed by atoms with Crippen LogP contribution in [0.15, 0.2) is 24.3 Å². The van der Waals surface area contributed by atoms with Crippen molar-refractivity contribution in [2.24, 2.45) is 0 Å². The van der Waals surface area contributed by atoms with Crippen molar-refractivity contribution in [3.05, 3.63) is 29.8 Å². The lowest BCUT2D eigenvalue weighted by molar-refractivity contribution is -0.158. The van der Waals surface area contributed by atoms with Gasteiger partial charge < -0.3 is 9.94 Å². The second kappa shape index (κ2) is 6.66. The lowest BCUT2D eigenvalue weighted by atomic mass is 9.98. The molecule has 0 bridgehead atoms. The third-order valence-corrected chi connectivity index (χ3v) is 3.74. The fourth-order valence-corrected chi connectivity index (χ4v) is 2.62. The van der Waals surface area contributed by atoms with Gasteiger partial charge in [-0.25, -0.2) is 0 Å². The van der Waals surface area contributed by atoms with E-state index in [1.807, 2.05) is 6.92 Å². The first kappa shape index (κ1) is 16.1. The average Bonchev–Trinajstić information content (AvgIpc) is 2.42. The van der Waals surface area contributed by atoms with E-state index >= 15 is 0 Å². The molecule has 1 heterocycles. The van der Waals surface area contributed by atoms with Crippen LogP contribution in [0.3, 0.4) is 0 Å². The molecule has 0 unspecified atom stereocenters. The number of hydrogen-bond donors (Lipinski definition) is 1. The van der Waals surface area contributed by atoms with E-state index in [9.17, 15) is 18.4 Å². The van der Waals surface area contributed by atoms with E-state index in [0.717, 1.165) is 25.0 Å². The monoisotopic (exact) mass is 303 g/mol. The maximum Gasteiger partial charge on any atom is 0.416 e. The predicted octanol–water partition coefficient (Wildman–Crippen LogP) is 4.11. The van der Waals surface area contributed by atoms with Crippen LogP contribution in [0.1, 0.15) is 38.2 Å². The second-order valence-electron chi connectivity index (χ2n) is 5.39. The molecule has 1 aliphatic heterocycles. The SMILES string of the molecule is CCC[C@H]1C[C@@H](Oc2ccc(C(F)(F)F)cc2)CCN1O. The minimum absolute atomic E-state index is 0.0585. The summed E-state index contributed by atoms with van der Waals surface area (Å²) in [7, 11) is 0. The van der Waals surface area contributed by atoms with Gasteiger partial charge in [0, 0.05) is 19.0 Å². The van der Waals surface area contributed by atoms with Crippen LogP contribution in [0.4, 0.5) is 13.2 Å². The fourth-order valence-electron chi connectivity index (χ4n) is 2.62. The molecule has 1 N–H and O–H groups in total. The Morgan fingerprint density at radius 2 is 1.95 bits per heavy atom. The van der Waals surface area contributed by atoms with Crippen molar-refractivity contribution in [1.82, 2.24) is 5.06 Å². The minimum Gasteiger partial charge on any atom is -0.490 e. The van der Waals surface area contributed by atoms with Crippen molar-refractivity contribution in [3.63, 3.8) is 0 Å². The Balaban J connectivity index is 1.95. The molecule has 6 heteroatoms. The molecule has 1 fully saturated rings. The van der Waals surface area contributed by atoms with Crippen molar-refractivity contribution >= 4 is 0 Å². The van der Waals surface area contributed by atoms with Crippen molar-refractivity contribution in [2.45, 2.75) is 50.9 Å². The van der Waals surface area contributed by atoms with Gasteiger partial charge in [-0.2, -0.15) is 18.2 Å². The fraction of sp³-hybridized carbons (Fsp3) is 0.600. The van der Waals surface area contributed by atoms with Crippen LogP contribution < -0.4 is 4.74 Å². The van der Waals surface area contributed by atoms with Gasteiger partial charge in [-0.1, -0.05) is 13.3 Å². The van der Waals surface area contributed by atoms with Crippen LogP contribution in [-0.2, 0) is 6.18 Å². The summed E-state index contributed by atoms with van der Waals surface area (Å²) < 4.78 is 43.2. The summed E-state index contributed by atoms with van der Waals surface area (Å²) in [5.41, 5.74) is -0.677. The zero-order chi connectivity index (χ0) is 15.5. The normalized spacial score (nSPS) is 24.0. The van der Waals surface area contributed by atoms with Crippen LogP contribution in [0, 0.1) is 0 Å². The van der Waals surface area contributed by atoms with E-state index in [2.05, 4.69) is 0 Å². The molecule has 1 aromatic rings. The molecule has 21 heavy (non-hydrogen) atoms. The van der Waals surface area contributed by atoms with Crippen molar-refractivity contribution < 1.29 is 23.1 Å². The average molecular weight is 303 g/mol. The molecule has 0 amide bonds. The topological polar surface area (TPSA) is 32.7 Å². The highest BCUT2D eigenvalue weighted by molar-refractivity contribution is 5.29. The smallest absolute Gasteiger partial charge is 0.416 e.